The second kappa shape index (κ2) is 15.2. The van der Waals surface area contributed by atoms with Crippen LogP contribution >= 0.6 is 0 Å². The number of carbonyl (C=O) groups excluding carboxylic acids is 3. The zero-order valence-corrected chi connectivity index (χ0v) is 25.9. The monoisotopic (exact) mass is 582 g/mol. The smallest absolute Gasteiger partial charge is 0.410 e. The van der Waals surface area contributed by atoms with Crippen molar-refractivity contribution in [2.45, 2.75) is 84.0 Å². The zero-order chi connectivity index (χ0) is 30.9. The summed E-state index contributed by atoms with van der Waals surface area (Å²) >= 11 is 0. The molecule has 1 unspecified atom stereocenters. The van der Waals surface area contributed by atoms with E-state index in [-0.39, 0.29) is 36.9 Å². The predicted octanol–water partition coefficient (Wildman–Crippen LogP) is 5.92. The summed E-state index contributed by atoms with van der Waals surface area (Å²) in [6.07, 6.45) is -1.04. The Balaban J connectivity index is 1.71. The molecule has 1 aliphatic rings. The van der Waals surface area contributed by atoms with Gasteiger partial charge in [-0.15, -0.1) is 0 Å². The van der Waals surface area contributed by atoms with Gasteiger partial charge < -0.3 is 24.3 Å². The van der Waals surface area contributed by atoms with Gasteiger partial charge in [-0.3, -0.25) is 9.69 Å². The molecule has 0 saturated carbocycles. The maximum absolute atomic E-state index is 13.7. The van der Waals surface area contributed by atoms with E-state index >= 15 is 0 Å². The number of ether oxygens (including phenoxy) is 4. The SMILES string of the molecule is CO[C@@H]1C[C@@H]([C@H](OC)[C@@H](C)C(=O)C[C@H](C)C(NC(=O)OCc2ccccc2)c2ccccc2)N(C(=O)OC(C)(C)C)C1. The Labute approximate surface area is 249 Å². The van der Waals surface area contributed by atoms with Gasteiger partial charge in [0.15, 0.2) is 0 Å². The fourth-order valence-corrected chi connectivity index (χ4v) is 5.44. The summed E-state index contributed by atoms with van der Waals surface area (Å²) in [7, 11) is 3.17. The molecule has 1 fully saturated rings. The predicted molar refractivity (Wildman–Crippen MR) is 160 cm³/mol. The van der Waals surface area contributed by atoms with Crippen molar-refractivity contribution in [1.82, 2.24) is 10.2 Å². The van der Waals surface area contributed by atoms with Crippen molar-refractivity contribution in [3.63, 3.8) is 0 Å². The fraction of sp³-hybridized carbons (Fsp3) is 0.545. The van der Waals surface area contributed by atoms with Crippen molar-refractivity contribution in [3.8, 4) is 0 Å². The van der Waals surface area contributed by atoms with E-state index < -0.39 is 35.9 Å². The molecule has 6 atom stereocenters. The van der Waals surface area contributed by atoms with Crippen LogP contribution in [0, 0.1) is 11.8 Å². The van der Waals surface area contributed by atoms with Gasteiger partial charge in [-0.05, 0) is 44.2 Å². The lowest BCUT2D eigenvalue weighted by Gasteiger charge is -2.35. The van der Waals surface area contributed by atoms with E-state index in [9.17, 15) is 14.4 Å². The van der Waals surface area contributed by atoms with Crippen molar-refractivity contribution in [2.75, 3.05) is 20.8 Å². The van der Waals surface area contributed by atoms with Crippen LogP contribution < -0.4 is 5.32 Å². The summed E-state index contributed by atoms with van der Waals surface area (Å²) in [4.78, 5) is 41.2. The van der Waals surface area contributed by atoms with Gasteiger partial charge in [0.05, 0.1) is 30.8 Å². The average Bonchev–Trinajstić information content (AvgIpc) is 3.39. The summed E-state index contributed by atoms with van der Waals surface area (Å²) < 4.78 is 22.6. The third-order valence-corrected chi connectivity index (χ3v) is 7.66. The normalized spacial score (nSPS) is 19.8. The zero-order valence-electron chi connectivity index (χ0n) is 25.9. The second-order valence-electron chi connectivity index (χ2n) is 12.0. The number of benzene rings is 2. The lowest BCUT2D eigenvalue weighted by atomic mass is 9.84. The molecule has 9 heteroatoms. The van der Waals surface area contributed by atoms with Gasteiger partial charge in [-0.2, -0.15) is 0 Å². The number of hydrogen-bond donors (Lipinski definition) is 1. The number of Topliss-reactive ketones (excluding diaryl/α,β-unsaturated/α-hetero) is 1. The van der Waals surface area contributed by atoms with Crippen LogP contribution in [0.5, 0.6) is 0 Å². The third kappa shape index (κ3) is 9.29. The van der Waals surface area contributed by atoms with Crippen molar-refractivity contribution in [1.29, 1.82) is 0 Å². The topological polar surface area (TPSA) is 103 Å². The molecule has 230 valence electrons. The van der Waals surface area contributed by atoms with E-state index in [2.05, 4.69) is 5.32 Å². The summed E-state index contributed by atoms with van der Waals surface area (Å²) in [5.41, 5.74) is 1.10. The first-order valence-corrected chi connectivity index (χ1v) is 14.5. The Bertz CT molecular complexity index is 1150. The number of carbonyl (C=O) groups is 3. The number of nitrogens with zero attached hydrogens (tertiary/aromatic N) is 1. The first-order valence-electron chi connectivity index (χ1n) is 14.5. The highest BCUT2D eigenvalue weighted by atomic mass is 16.6. The van der Waals surface area contributed by atoms with E-state index in [1.165, 1.54) is 0 Å². The Morgan fingerprint density at radius 1 is 0.976 bits per heavy atom. The number of alkyl carbamates (subject to hydrolysis) is 1. The number of ketones is 1. The molecule has 0 spiro atoms. The molecule has 0 aliphatic carbocycles. The van der Waals surface area contributed by atoms with E-state index in [0.717, 1.165) is 11.1 Å². The molecule has 9 nitrogen and oxygen atoms in total. The maximum atomic E-state index is 13.7. The van der Waals surface area contributed by atoms with Crippen LogP contribution in [-0.2, 0) is 30.3 Å². The summed E-state index contributed by atoms with van der Waals surface area (Å²) in [5.74, 6) is -0.800. The van der Waals surface area contributed by atoms with Crippen LogP contribution in [0.2, 0.25) is 0 Å². The molecule has 1 saturated heterocycles. The van der Waals surface area contributed by atoms with E-state index in [1.54, 1.807) is 19.1 Å². The average molecular weight is 583 g/mol. The number of hydrogen-bond acceptors (Lipinski definition) is 7. The van der Waals surface area contributed by atoms with Crippen LogP contribution in [0.3, 0.4) is 0 Å². The standard InChI is InChI=1S/C33H46N2O7/c1-22(29(25-16-12-9-13-17-25)34-31(37)41-21-24-14-10-8-11-15-24)18-28(36)23(2)30(40-7)27-19-26(39-6)20-35(27)32(38)42-33(3,4)5/h8-17,22-23,26-27,29-30H,18-21H2,1-7H3,(H,34,37)/t22-,23-,26+,27-,29?,30+/m0/s1. The maximum Gasteiger partial charge on any atom is 0.410 e. The minimum absolute atomic E-state index is 0.0280. The number of methoxy groups -OCH3 is 2. The highest BCUT2D eigenvalue weighted by Gasteiger charge is 2.45. The first-order chi connectivity index (χ1) is 19.9. The largest absolute Gasteiger partial charge is 0.445 e. The van der Waals surface area contributed by atoms with Gasteiger partial charge in [-0.1, -0.05) is 74.5 Å². The number of nitrogens with one attached hydrogen (secondary N) is 1. The molecule has 42 heavy (non-hydrogen) atoms. The molecular weight excluding hydrogens is 536 g/mol. The summed E-state index contributed by atoms with van der Waals surface area (Å²) in [5, 5.41) is 2.97. The van der Waals surface area contributed by atoms with E-state index in [0.29, 0.717) is 13.0 Å². The Kier molecular flexibility index (Phi) is 11.9. The van der Waals surface area contributed by atoms with Crippen LogP contribution in [0.15, 0.2) is 60.7 Å². The Hall–Kier alpha value is -3.43. The Morgan fingerprint density at radius 2 is 1.60 bits per heavy atom. The van der Waals surface area contributed by atoms with Gasteiger partial charge in [0, 0.05) is 26.6 Å². The molecule has 0 bridgehead atoms. The minimum Gasteiger partial charge on any atom is -0.445 e. The van der Waals surface area contributed by atoms with Crippen molar-refractivity contribution >= 4 is 18.0 Å². The first kappa shape index (κ1) is 33.1. The quantitative estimate of drug-likeness (QED) is 0.331. The van der Waals surface area contributed by atoms with Crippen LogP contribution in [0.4, 0.5) is 9.59 Å². The molecule has 2 aromatic carbocycles. The number of rotatable bonds is 12. The molecule has 2 amide bonds. The molecular formula is C33H46N2O7. The lowest BCUT2D eigenvalue weighted by molar-refractivity contribution is -0.129. The summed E-state index contributed by atoms with van der Waals surface area (Å²) in [6, 6.07) is 18.2. The minimum atomic E-state index is -0.659. The van der Waals surface area contributed by atoms with Gasteiger partial charge in [-0.25, -0.2) is 9.59 Å². The molecule has 0 aromatic heterocycles. The van der Waals surface area contributed by atoms with Gasteiger partial charge in [0.1, 0.15) is 18.0 Å². The van der Waals surface area contributed by atoms with Crippen LogP contribution in [-0.4, -0.2) is 67.5 Å². The molecule has 0 radical (unpaired) electrons. The van der Waals surface area contributed by atoms with Crippen LogP contribution in [0.25, 0.3) is 0 Å². The van der Waals surface area contributed by atoms with Crippen molar-refractivity contribution in [2.24, 2.45) is 11.8 Å². The highest BCUT2D eigenvalue weighted by Crippen LogP contribution is 2.32. The van der Waals surface area contributed by atoms with E-state index in [4.69, 9.17) is 18.9 Å². The van der Waals surface area contributed by atoms with Gasteiger partial charge >= 0.3 is 12.2 Å². The number of amides is 2. The summed E-state index contributed by atoms with van der Waals surface area (Å²) in [6.45, 7) is 9.73. The molecule has 1 N–H and O–H groups in total. The van der Waals surface area contributed by atoms with Gasteiger partial charge in [0.2, 0.25) is 0 Å². The molecule has 1 aliphatic heterocycles. The van der Waals surface area contributed by atoms with E-state index in [1.807, 2.05) is 95.3 Å². The third-order valence-electron chi connectivity index (χ3n) is 7.66. The van der Waals surface area contributed by atoms with Crippen molar-refractivity contribution in [3.05, 3.63) is 71.8 Å². The second-order valence-corrected chi connectivity index (χ2v) is 12.0. The van der Waals surface area contributed by atoms with Crippen LogP contribution in [0.1, 0.15) is 64.6 Å². The molecule has 3 rings (SSSR count). The van der Waals surface area contributed by atoms with Crippen molar-refractivity contribution < 1.29 is 33.3 Å². The highest BCUT2D eigenvalue weighted by molar-refractivity contribution is 5.82. The molecule has 2 aromatic rings. The molecule has 1 heterocycles. The van der Waals surface area contributed by atoms with Gasteiger partial charge in [0.25, 0.3) is 0 Å². The number of likely N-dealkylation sites (tertiary alicyclic amines) is 1. The fourth-order valence-electron chi connectivity index (χ4n) is 5.44. The Morgan fingerprint density at radius 3 is 2.17 bits per heavy atom. The lowest BCUT2D eigenvalue weighted by Crippen LogP contribution is -2.49.